The summed E-state index contributed by atoms with van der Waals surface area (Å²) in [6.45, 7) is 1.95. The summed E-state index contributed by atoms with van der Waals surface area (Å²) in [4.78, 5) is 4.27. The van der Waals surface area contributed by atoms with E-state index in [0.29, 0.717) is 16.5 Å². The van der Waals surface area contributed by atoms with E-state index >= 15 is 0 Å². The van der Waals surface area contributed by atoms with Crippen LogP contribution >= 0.6 is 23.2 Å². The van der Waals surface area contributed by atoms with E-state index in [2.05, 4.69) is 10.4 Å². The molecule has 0 aliphatic rings. The maximum absolute atomic E-state index is 6.19. The normalized spacial score (nSPS) is 12.4. The summed E-state index contributed by atoms with van der Waals surface area (Å²) in [7, 11) is 0. The molecule has 0 radical (unpaired) electrons. The number of halogens is 2. The number of rotatable bonds is 4. The molecule has 1 aromatic heterocycles. The predicted molar refractivity (Wildman–Crippen MR) is 79.2 cm³/mol. The van der Waals surface area contributed by atoms with Gasteiger partial charge in [-0.25, -0.2) is 0 Å². The lowest BCUT2D eigenvalue weighted by molar-refractivity contribution is 0.550. The van der Waals surface area contributed by atoms with Gasteiger partial charge in [-0.15, -0.1) is 0 Å². The third-order valence-corrected chi connectivity index (χ3v) is 3.85. The largest absolute Gasteiger partial charge is 0.271 e. The number of benzene rings is 1. The number of hydrazine groups is 1. The average Bonchev–Trinajstić information content (AvgIpc) is 2.42. The zero-order valence-corrected chi connectivity index (χ0v) is 12.0. The SMILES string of the molecule is Cc1ccc(C(Cc2cccc(Cl)c2Cl)NN)cn1. The highest BCUT2D eigenvalue weighted by Gasteiger charge is 2.14. The third-order valence-electron chi connectivity index (χ3n) is 2.99. The number of hydrogen-bond donors (Lipinski definition) is 2. The molecular formula is C14H15Cl2N3. The van der Waals surface area contributed by atoms with Crippen LogP contribution < -0.4 is 11.3 Å². The third kappa shape index (κ3) is 3.45. The molecule has 0 spiro atoms. The fourth-order valence-electron chi connectivity index (χ4n) is 1.88. The molecule has 0 amide bonds. The minimum absolute atomic E-state index is 0.0518. The van der Waals surface area contributed by atoms with Crippen molar-refractivity contribution in [1.82, 2.24) is 10.4 Å². The smallest absolute Gasteiger partial charge is 0.0624 e. The maximum atomic E-state index is 6.19. The van der Waals surface area contributed by atoms with Gasteiger partial charge >= 0.3 is 0 Å². The van der Waals surface area contributed by atoms with Gasteiger partial charge in [0.1, 0.15) is 0 Å². The van der Waals surface area contributed by atoms with Crippen LogP contribution in [0.5, 0.6) is 0 Å². The van der Waals surface area contributed by atoms with Gasteiger partial charge in [0.15, 0.2) is 0 Å². The summed E-state index contributed by atoms with van der Waals surface area (Å²) in [5, 5.41) is 1.13. The molecule has 0 aliphatic heterocycles. The molecule has 0 saturated heterocycles. The van der Waals surface area contributed by atoms with Gasteiger partial charge in [0.2, 0.25) is 0 Å². The second kappa shape index (κ2) is 6.35. The highest BCUT2D eigenvalue weighted by molar-refractivity contribution is 6.42. The highest BCUT2D eigenvalue weighted by Crippen LogP contribution is 2.28. The van der Waals surface area contributed by atoms with Crippen LogP contribution in [0.25, 0.3) is 0 Å². The summed E-state index contributed by atoms with van der Waals surface area (Å²) >= 11 is 12.2. The number of aryl methyl sites for hydroxylation is 1. The molecule has 0 fully saturated rings. The minimum atomic E-state index is -0.0518. The Balaban J connectivity index is 2.24. The van der Waals surface area contributed by atoms with Crippen molar-refractivity contribution in [2.75, 3.05) is 0 Å². The first kappa shape index (κ1) is 14.3. The standard InChI is InChI=1S/C14H15Cl2N3/c1-9-5-6-11(8-18-9)13(19-17)7-10-3-2-4-12(15)14(10)16/h2-6,8,13,19H,7,17H2,1H3. The van der Waals surface area contributed by atoms with Crippen LogP contribution in [-0.2, 0) is 6.42 Å². The summed E-state index contributed by atoms with van der Waals surface area (Å²) in [6.07, 6.45) is 2.47. The molecule has 100 valence electrons. The molecule has 1 heterocycles. The second-order valence-electron chi connectivity index (χ2n) is 4.37. The van der Waals surface area contributed by atoms with Crippen LogP contribution in [0, 0.1) is 6.92 Å². The van der Waals surface area contributed by atoms with E-state index in [9.17, 15) is 0 Å². The molecule has 1 unspecified atom stereocenters. The van der Waals surface area contributed by atoms with E-state index in [1.807, 2.05) is 37.4 Å². The molecule has 0 saturated carbocycles. The van der Waals surface area contributed by atoms with Gasteiger partial charge in [0.05, 0.1) is 16.1 Å². The van der Waals surface area contributed by atoms with Gasteiger partial charge in [0.25, 0.3) is 0 Å². The van der Waals surface area contributed by atoms with Crippen molar-refractivity contribution in [3.8, 4) is 0 Å². The zero-order chi connectivity index (χ0) is 13.8. The fourth-order valence-corrected chi connectivity index (χ4v) is 2.28. The van der Waals surface area contributed by atoms with Crippen molar-refractivity contribution in [1.29, 1.82) is 0 Å². The first-order chi connectivity index (χ1) is 9.11. The molecule has 1 atom stereocenters. The first-order valence-electron chi connectivity index (χ1n) is 5.93. The molecule has 0 aliphatic carbocycles. The number of nitrogens with one attached hydrogen (secondary N) is 1. The van der Waals surface area contributed by atoms with E-state index in [1.54, 1.807) is 6.07 Å². The van der Waals surface area contributed by atoms with Crippen LogP contribution in [0.1, 0.15) is 22.9 Å². The number of nitrogens with zero attached hydrogens (tertiary/aromatic N) is 1. The van der Waals surface area contributed by atoms with Crippen molar-refractivity contribution in [2.24, 2.45) is 5.84 Å². The molecule has 5 heteroatoms. The number of hydrogen-bond acceptors (Lipinski definition) is 3. The van der Waals surface area contributed by atoms with E-state index in [0.717, 1.165) is 16.8 Å². The minimum Gasteiger partial charge on any atom is -0.271 e. The number of pyridine rings is 1. The van der Waals surface area contributed by atoms with Crippen LogP contribution in [0.2, 0.25) is 10.0 Å². The molecule has 19 heavy (non-hydrogen) atoms. The van der Waals surface area contributed by atoms with Crippen molar-refractivity contribution >= 4 is 23.2 Å². The summed E-state index contributed by atoms with van der Waals surface area (Å²) in [6, 6.07) is 9.50. The predicted octanol–water partition coefficient (Wildman–Crippen LogP) is 3.44. The van der Waals surface area contributed by atoms with Crippen LogP contribution in [-0.4, -0.2) is 4.98 Å². The quantitative estimate of drug-likeness (QED) is 0.671. The van der Waals surface area contributed by atoms with Gasteiger partial charge in [-0.1, -0.05) is 41.4 Å². The van der Waals surface area contributed by atoms with Gasteiger partial charge in [0, 0.05) is 11.9 Å². The monoisotopic (exact) mass is 295 g/mol. The Kier molecular flexibility index (Phi) is 4.77. The Labute approximate surface area is 122 Å². The molecular weight excluding hydrogens is 281 g/mol. The van der Waals surface area contributed by atoms with E-state index in [4.69, 9.17) is 29.0 Å². The molecule has 1 aromatic carbocycles. The Bertz CT molecular complexity index is 555. The Morgan fingerprint density at radius 2 is 2.05 bits per heavy atom. The van der Waals surface area contributed by atoms with Gasteiger partial charge in [-0.3, -0.25) is 16.3 Å². The maximum Gasteiger partial charge on any atom is 0.0624 e. The molecule has 3 N–H and O–H groups in total. The Hall–Kier alpha value is -1.13. The lowest BCUT2D eigenvalue weighted by Crippen LogP contribution is -2.29. The molecule has 2 rings (SSSR count). The van der Waals surface area contributed by atoms with Crippen molar-refractivity contribution in [2.45, 2.75) is 19.4 Å². The second-order valence-corrected chi connectivity index (χ2v) is 5.15. The zero-order valence-electron chi connectivity index (χ0n) is 10.5. The topological polar surface area (TPSA) is 50.9 Å². The van der Waals surface area contributed by atoms with Gasteiger partial charge in [-0.05, 0) is 36.6 Å². The van der Waals surface area contributed by atoms with Crippen molar-refractivity contribution in [3.05, 3.63) is 63.4 Å². The van der Waals surface area contributed by atoms with E-state index in [-0.39, 0.29) is 6.04 Å². The van der Waals surface area contributed by atoms with Crippen LogP contribution in [0.3, 0.4) is 0 Å². The summed E-state index contributed by atoms with van der Waals surface area (Å²) in [5.41, 5.74) is 5.74. The summed E-state index contributed by atoms with van der Waals surface area (Å²) < 4.78 is 0. The molecule has 3 nitrogen and oxygen atoms in total. The van der Waals surface area contributed by atoms with Crippen LogP contribution in [0.15, 0.2) is 36.5 Å². The Morgan fingerprint density at radius 3 is 2.68 bits per heavy atom. The van der Waals surface area contributed by atoms with Crippen molar-refractivity contribution in [3.63, 3.8) is 0 Å². The van der Waals surface area contributed by atoms with Crippen LogP contribution in [0.4, 0.5) is 0 Å². The van der Waals surface area contributed by atoms with Crippen molar-refractivity contribution < 1.29 is 0 Å². The van der Waals surface area contributed by atoms with Gasteiger partial charge in [-0.2, -0.15) is 0 Å². The lowest BCUT2D eigenvalue weighted by atomic mass is 10.0. The summed E-state index contributed by atoms with van der Waals surface area (Å²) in [5.74, 6) is 5.62. The average molecular weight is 296 g/mol. The Morgan fingerprint density at radius 1 is 1.26 bits per heavy atom. The molecule has 2 aromatic rings. The highest BCUT2D eigenvalue weighted by atomic mass is 35.5. The van der Waals surface area contributed by atoms with Gasteiger partial charge < -0.3 is 0 Å². The lowest BCUT2D eigenvalue weighted by Gasteiger charge is -2.17. The number of aromatic nitrogens is 1. The first-order valence-corrected chi connectivity index (χ1v) is 6.69. The number of nitrogens with two attached hydrogens (primary N) is 1. The fraction of sp³-hybridized carbons (Fsp3) is 0.214. The van der Waals surface area contributed by atoms with E-state index < -0.39 is 0 Å². The molecule has 0 bridgehead atoms. The van der Waals surface area contributed by atoms with E-state index in [1.165, 1.54) is 0 Å².